The van der Waals surface area contributed by atoms with Gasteiger partial charge in [0.2, 0.25) is 0 Å². The minimum Gasteiger partial charge on any atom is -0.511 e. The van der Waals surface area contributed by atoms with E-state index in [-0.39, 0.29) is 11.1 Å². The number of ether oxygens (including phenoxy) is 2. The first-order valence-electron chi connectivity index (χ1n) is 10.7. The Hall–Kier alpha value is -3.96. The van der Waals surface area contributed by atoms with E-state index in [0.29, 0.717) is 0 Å². The Kier molecular flexibility index (Phi) is 7.89. The van der Waals surface area contributed by atoms with E-state index in [4.69, 9.17) is 9.47 Å². The van der Waals surface area contributed by atoms with Gasteiger partial charge in [-0.2, -0.15) is 23.7 Å². The van der Waals surface area contributed by atoms with Crippen molar-refractivity contribution in [3.8, 4) is 12.1 Å². The van der Waals surface area contributed by atoms with Gasteiger partial charge in [-0.1, -0.05) is 24.3 Å². The van der Waals surface area contributed by atoms with Crippen LogP contribution in [0.25, 0.3) is 0 Å². The number of rotatable bonds is 5. The van der Waals surface area contributed by atoms with E-state index in [9.17, 15) is 38.4 Å². The van der Waals surface area contributed by atoms with Crippen molar-refractivity contribution < 1.29 is 37.3 Å². The molecule has 0 saturated heterocycles. The number of alkyl halides is 3. The van der Waals surface area contributed by atoms with Crippen molar-refractivity contribution in [2.75, 3.05) is 20.5 Å². The molecule has 2 aromatic rings. The number of hydrogen-bond acceptors (Lipinski definition) is 8. The molecular formula is C26H21F3N2O5S. The summed E-state index contributed by atoms with van der Waals surface area (Å²) in [6.07, 6.45) is -2.83. The molecule has 37 heavy (non-hydrogen) atoms. The molecule has 0 aliphatic heterocycles. The van der Waals surface area contributed by atoms with E-state index in [1.807, 2.05) is 18.4 Å². The van der Waals surface area contributed by atoms with E-state index in [1.54, 1.807) is 24.3 Å². The molecule has 0 unspecified atom stereocenters. The average molecular weight is 531 g/mol. The van der Waals surface area contributed by atoms with Crippen molar-refractivity contribution in [3.05, 3.63) is 76.6 Å². The lowest BCUT2D eigenvalue weighted by Gasteiger charge is -2.44. The Bertz CT molecular complexity index is 1290. The molecule has 11 heteroatoms. The molecule has 192 valence electrons. The minimum atomic E-state index is -4.66. The Morgan fingerprint density at radius 1 is 0.973 bits per heavy atom. The van der Waals surface area contributed by atoms with E-state index >= 15 is 0 Å². The lowest BCUT2D eigenvalue weighted by Crippen LogP contribution is -2.47. The number of aliphatic hydroxyl groups is 1. The predicted octanol–water partition coefficient (Wildman–Crippen LogP) is 5.12. The SMILES string of the molecule is COC(=O)C1=C(O)[C@H](C(=O)OC)[C@@H](c2ccc(C(F)(F)F)cc2)C(C#N)(C#N)[C@H]1c1ccc(SC)cc1. The minimum absolute atomic E-state index is 0.00676. The summed E-state index contributed by atoms with van der Waals surface area (Å²) in [6.45, 7) is 0. The zero-order valence-electron chi connectivity index (χ0n) is 19.9. The molecule has 0 bridgehead atoms. The molecule has 1 aliphatic rings. The highest BCUT2D eigenvalue weighted by atomic mass is 32.2. The van der Waals surface area contributed by atoms with Crippen LogP contribution < -0.4 is 0 Å². The molecule has 0 spiro atoms. The highest BCUT2D eigenvalue weighted by Gasteiger charge is 2.61. The van der Waals surface area contributed by atoms with E-state index < -0.39 is 58.2 Å². The third kappa shape index (κ3) is 4.75. The van der Waals surface area contributed by atoms with Crippen molar-refractivity contribution in [3.63, 3.8) is 0 Å². The Balaban J connectivity index is 2.43. The van der Waals surface area contributed by atoms with Crippen molar-refractivity contribution in [2.24, 2.45) is 11.3 Å². The number of hydrogen-bond donors (Lipinski definition) is 1. The van der Waals surface area contributed by atoms with Gasteiger partial charge in [0, 0.05) is 10.8 Å². The molecule has 3 rings (SSSR count). The number of aliphatic hydroxyl groups excluding tert-OH is 1. The monoisotopic (exact) mass is 530 g/mol. The van der Waals surface area contributed by atoms with E-state index in [0.717, 1.165) is 43.4 Å². The zero-order valence-corrected chi connectivity index (χ0v) is 20.7. The van der Waals surface area contributed by atoms with Crippen molar-refractivity contribution in [1.29, 1.82) is 10.5 Å². The van der Waals surface area contributed by atoms with Gasteiger partial charge in [0.05, 0.1) is 43.4 Å². The first kappa shape index (κ1) is 27.6. The largest absolute Gasteiger partial charge is 0.511 e. The van der Waals surface area contributed by atoms with Crippen LogP contribution in [0.1, 0.15) is 28.5 Å². The molecule has 3 atom stereocenters. The van der Waals surface area contributed by atoms with Gasteiger partial charge >= 0.3 is 18.1 Å². The molecule has 0 heterocycles. The van der Waals surface area contributed by atoms with Crippen LogP contribution in [0.2, 0.25) is 0 Å². The van der Waals surface area contributed by atoms with Gasteiger partial charge in [0.15, 0.2) is 5.41 Å². The number of carbonyl (C=O) groups excluding carboxylic acids is 2. The van der Waals surface area contributed by atoms with Crippen molar-refractivity contribution >= 4 is 23.7 Å². The second-order valence-corrected chi connectivity index (χ2v) is 9.07. The van der Waals surface area contributed by atoms with Crippen LogP contribution in [0.4, 0.5) is 13.2 Å². The standard InChI is InChI=1S/C26H21F3N2O5S/c1-35-23(33)18-20(14-4-8-16(9-5-14)26(27,28)29)25(12-30,13-31)21(19(22(18)32)24(34)36-2)15-6-10-17(37-3)11-7-15/h4-11,18,20-21,32H,1-3H3/t18-,20-,21+/m1/s1. The number of nitrogens with zero attached hydrogens (tertiary/aromatic N) is 2. The third-order valence-corrected chi connectivity index (χ3v) is 7.16. The predicted molar refractivity (Wildman–Crippen MR) is 126 cm³/mol. The summed E-state index contributed by atoms with van der Waals surface area (Å²) in [5, 5.41) is 32.2. The fourth-order valence-corrected chi connectivity index (χ4v) is 5.11. The van der Waals surface area contributed by atoms with Gasteiger partial charge in [-0.15, -0.1) is 11.8 Å². The lowest BCUT2D eigenvalue weighted by atomic mass is 9.54. The number of carbonyl (C=O) groups is 2. The van der Waals surface area contributed by atoms with Crippen LogP contribution in [-0.4, -0.2) is 37.5 Å². The first-order chi connectivity index (χ1) is 17.5. The van der Waals surface area contributed by atoms with Crippen LogP contribution in [0.15, 0.2) is 64.8 Å². The normalized spacial score (nSPS) is 20.9. The number of esters is 2. The topological polar surface area (TPSA) is 120 Å². The quantitative estimate of drug-likeness (QED) is 0.418. The summed E-state index contributed by atoms with van der Waals surface area (Å²) < 4.78 is 49.3. The lowest BCUT2D eigenvalue weighted by molar-refractivity contribution is -0.147. The molecule has 1 aliphatic carbocycles. The van der Waals surface area contributed by atoms with E-state index in [1.165, 1.54) is 11.8 Å². The summed E-state index contributed by atoms with van der Waals surface area (Å²) in [6, 6.07) is 13.9. The maximum absolute atomic E-state index is 13.2. The number of methoxy groups -OCH3 is 2. The molecule has 2 aromatic carbocycles. The summed E-state index contributed by atoms with van der Waals surface area (Å²) in [5.74, 6) is -7.63. The highest BCUT2D eigenvalue weighted by molar-refractivity contribution is 7.98. The number of thioether (sulfide) groups is 1. The molecule has 0 saturated carbocycles. The second kappa shape index (κ2) is 10.6. The molecule has 0 fully saturated rings. The van der Waals surface area contributed by atoms with E-state index in [2.05, 4.69) is 0 Å². The van der Waals surface area contributed by atoms with Gasteiger partial charge in [0.25, 0.3) is 0 Å². The Morgan fingerprint density at radius 3 is 1.95 bits per heavy atom. The second-order valence-electron chi connectivity index (χ2n) is 8.19. The third-order valence-electron chi connectivity index (χ3n) is 6.42. The van der Waals surface area contributed by atoms with Gasteiger partial charge < -0.3 is 14.6 Å². The maximum atomic E-state index is 13.2. The van der Waals surface area contributed by atoms with Crippen LogP contribution in [0.5, 0.6) is 0 Å². The van der Waals surface area contributed by atoms with Gasteiger partial charge in [-0.3, -0.25) is 4.79 Å². The average Bonchev–Trinajstić information content (AvgIpc) is 2.91. The van der Waals surface area contributed by atoms with Crippen LogP contribution in [0.3, 0.4) is 0 Å². The van der Waals surface area contributed by atoms with Crippen molar-refractivity contribution in [2.45, 2.75) is 22.9 Å². The van der Waals surface area contributed by atoms with Gasteiger partial charge in [0.1, 0.15) is 11.7 Å². The summed E-state index contributed by atoms with van der Waals surface area (Å²) in [4.78, 5) is 26.7. The molecule has 1 N–H and O–H groups in total. The molecule has 7 nitrogen and oxygen atoms in total. The highest BCUT2D eigenvalue weighted by Crippen LogP contribution is 2.59. The fraction of sp³-hybridized carbons (Fsp3) is 0.308. The molecule has 0 amide bonds. The number of halogens is 3. The smallest absolute Gasteiger partial charge is 0.416 e. The summed E-state index contributed by atoms with van der Waals surface area (Å²) >= 11 is 1.42. The van der Waals surface area contributed by atoms with Crippen LogP contribution >= 0.6 is 11.8 Å². The van der Waals surface area contributed by atoms with Crippen LogP contribution in [-0.2, 0) is 25.2 Å². The number of benzene rings is 2. The number of nitriles is 2. The first-order valence-corrected chi connectivity index (χ1v) is 12.0. The van der Waals surface area contributed by atoms with Crippen molar-refractivity contribution in [1.82, 2.24) is 0 Å². The fourth-order valence-electron chi connectivity index (χ4n) is 4.70. The van der Waals surface area contributed by atoms with Crippen LogP contribution in [0, 0.1) is 34.0 Å². The summed E-state index contributed by atoms with van der Waals surface area (Å²) in [7, 11) is 2.04. The van der Waals surface area contributed by atoms with Gasteiger partial charge in [-0.05, 0) is 41.6 Å². The maximum Gasteiger partial charge on any atom is 0.416 e. The van der Waals surface area contributed by atoms with Gasteiger partial charge in [-0.25, -0.2) is 4.79 Å². The molecular weight excluding hydrogens is 509 g/mol. The Morgan fingerprint density at radius 2 is 1.51 bits per heavy atom. The zero-order chi connectivity index (χ0) is 27.5. The molecule has 0 radical (unpaired) electrons. The molecule has 0 aromatic heterocycles. The summed E-state index contributed by atoms with van der Waals surface area (Å²) in [5.41, 5.74) is -3.43. The Labute approximate surface area is 215 Å².